The lowest BCUT2D eigenvalue weighted by Gasteiger charge is -2.22. The lowest BCUT2D eigenvalue weighted by molar-refractivity contribution is -0.0498. The molecule has 3 aromatic rings. The molecule has 0 spiro atoms. The van der Waals surface area contributed by atoms with Crippen molar-refractivity contribution in [2.24, 2.45) is 5.92 Å². The van der Waals surface area contributed by atoms with Gasteiger partial charge in [0.05, 0.1) is 11.1 Å². The Hall–Kier alpha value is -3.55. The number of hydrogen-bond acceptors (Lipinski definition) is 4. The number of hydrogen-bond donors (Lipinski definition) is 1. The van der Waals surface area contributed by atoms with Crippen molar-refractivity contribution in [3.05, 3.63) is 71.4 Å². The molecule has 2 aromatic carbocycles. The van der Waals surface area contributed by atoms with Crippen LogP contribution in [0.5, 0.6) is 5.75 Å². The average Bonchev–Trinajstić information content (AvgIpc) is 3.16. The Bertz CT molecular complexity index is 1180. The van der Waals surface area contributed by atoms with Gasteiger partial charge in [0.1, 0.15) is 5.75 Å². The van der Waals surface area contributed by atoms with Crippen molar-refractivity contribution in [2.45, 2.75) is 32.9 Å². The fourth-order valence-electron chi connectivity index (χ4n) is 4.37. The minimum absolute atomic E-state index is 0.0226. The van der Waals surface area contributed by atoms with E-state index in [1.807, 2.05) is 49.1 Å². The van der Waals surface area contributed by atoms with Crippen LogP contribution in [0.15, 0.2) is 54.6 Å². The Morgan fingerprint density at radius 2 is 1.97 bits per heavy atom. The summed E-state index contributed by atoms with van der Waals surface area (Å²) in [6.07, 6.45) is 0.753. The highest BCUT2D eigenvalue weighted by Gasteiger charge is 2.33. The number of carbonyl (C=O) groups is 2. The second-order valence-corrected chi connectivity index (χ2v) is 8.35. The Morgan fingerprint density at radius 3 is 2.76 bits per heavy atom. The zero-order valence-electron chi connectivity index (χ0n) is 18.4. The van der Waals surface area contributed by atoms with Gasteiger partial charge in [0.15, 0.2) is 0 Å². The number of amides is 2. The Balaban J connectivity index is 1.41. The van der Waals surface area contributed by atoms with Gasteiger partial charge in [0.25, 0.3) is 11.8 Å². The number of likely N-dealkylation sites (tertiary alicyclic amines) is 1. The quantitative estimate of drug-likeness (QED) is 0.600. The second kappa shape index (κ2) is 9.52. The van der Waals surface area contributed by atoms with Crippen LogP contribution in [-0.2, 0) is 0 Å². The van der Waals surface area contributed by atoms with Gasteiger partial charge in [0.2, 0.25) is 0 Å². The molecule has 6 nitrogen and oxygen atoms in total. The van der Waals surface area contributed by atoms with Crippen LogP contribution in [0.3, 0.4) is 0 Å². The third-order valence-corrected chi connectivity index (χ3v) is 5.87. The van der Waals surface area contributed by atoms with E-state index in [1.54, 1.807) is 0 Å². The summed E-state index contributed by atoms with van der Waals surface area (Å²) in [5.74, 6) is -0.399. The van der Waals surface area contributed by atoms with Gasteiger partial charge in [-0.25, -0.2) is 0 Å². The van der Waals surface area contributed by atoms with Crippen LogP contribution < -0.4 is 10.1 Å². The largest absolute Gasteiger partial charge is 0.435 e. The molecule has 1 saturated heterocycles. The molecule has 1 fully saturated rings. The van der Waals surface area contributed by atoms with Gasteiger partial charge in [0, 0.05) is 35.8 Å². The Morgan fingerprint density at radius 1 is 1.18 bits per heavy atom. The van der Waals surface area contributed by atoms with Gasteiger partial charge in [-0.15, -0.1) is 0 Å². The van der Waals surface area contributed by atoms with Gasteiger partial charge in [-0.05, 0) is 56.5 Å². The van der Waals surface area contributed by atoms with Crippen molar-refractivity contribution in [1.29, 1.82) is 0 Å². The number of aryl methyl sites for hydroxylation is 1. The monoisotopic (exact) mass is 453 g/mol. The van der Waals surface area contributed by atoms with Crippen molar-refractivity contribution >= 4 is 22.7 Å². The van der Waals surface area contributed by atoms with E-state index in [9.17, 15) is 18.4 Å². The minimum Gasteiger partial charge on any atom is -0.435 e. The van der Waals surface area contributed by atoms with Crippen LogP contribution in [-0.4, -0.2) is 47.4 Å². The number of nitrogens with zero attached hydrogens (tertiary/aromatic N) is 2. The SMILES string of the molecule is Cc1cc(C(=O)N2CC(CNC(=O)c3cccc(OC(F)F)c3)CC2C)c2ccccc2n1. The molecule has 33 heavy (non-hydrogen) atoms. The molecule has 2 atom stereocenters. The summed E-state index contributed by atoms with van der Waals surface area (Å²) in [6, 6.07) is 15.1. The molecule has 172 valence electrons. The van der Waals surface area contributed by atoms with E-state index in [2.05, 4.69) is 15.0 Å². The van der Waals surface area contributed by atoms with Crippen LogP contribution >= 0.6 is 0 Å². The molecule has 0 saturated carbocycles. The van der Waals surface area contributed by atoms with Crippen LogP contribution in [0.1, 0.15) is 39.8 Å². The third kappa shape index (κ3) is 5.10. The smallest absolute Gasteiger partial charge is 0.387 e. The number of alkyl halides is 2. The second-order valence-electron chi connectivity index (χ2n) is 8.35. The molecule has 1 N–H and O–H groups in total. The average molecular weight is 453 g/mol. The maximum absolute atomic E-state index is 13.4. The number of nitrogens with one attached hydrogen (secondary N) is 1. The van der Waals surface area contributed by atoms with Crippen LogP contribution in [0.25, 0.3) is 10.9 Å². The summed E-state index contributed by atoms with van der Waals surface area (Å²) in [5, 5.41) is 3.67. The zero-order valence-corrected chi connectivity index (χ0v) is 18.4. The van der Waals surface area contributed by atoms with Crippen molar-refractivity contribution in [1.82, 2.24) is 15.2 Å². The molecule has 1 aromatic heterocycles. The minimum atomic E-state index is -2.95. The van der Waals surface area contributed by atoms with Crippen LogP contribution in [0, 0.1) is 12.8 Å². The summed E-state index contributed by atoms with van der Waals surface area (Å²) >= 11 is 0. The first-order valence-corrected chi connectivity index (χ1v) is 10.8. The normalized spacial score (nSPS) is 18.0. The predicted molar refractivity (Wildman–Crippen MR) is 120 cm³/mol. The van der Waals surface area contributed by atoms with Crippen LogP contribution in [0.2, 0.25) is 0 Å². The molecule has 2 amide bonds. The Labute approximate surface area is 190 Å². The number of aromatic nitrogens is 1. The molecule has 0 bridgehead atoms. The van der Waals surface area contributed by atoms with E-state index in [0.717, 1.165) is 23.0 Å². The predicted octanol–water partition coefficient (Wildman–Crippen LogP) is 4.43. The molecule has 2 unspecified atom stereocenters. The number of benzene rings is 2. The number of halogens is 2. The molecule has 0 radical (unpaired) electrons. The van der Waals surface area contributed by atoms with E-state index >= 15 is 0 Å². The number of ether oxygens (including phenoxy) is 1. The molecular formula is C25H25F2N3O3. The molecule has 4 rings (SSSR count). The van der Waals surface area contributed by atoms with E-state index in [0.29, 0.717) is 18.7 Å². The maximum atomic E-state index is 13.4. The Kier molecular flexibility index (Phi) is 6.53. The first-order valence-electron chi connectivity index (χ1n) is 10.8. The topological polar surface area (TPSA) is 71.5 Å². The van der Waals surface area contributed by atoms with Gasteiger partial charge in [-0.2, -0.15) is 8.78 Å². The van der Waals surface area contributed by atoms with Crippen LogP contribution in [0.4, 0.5) is 8.78 Å². The highest BCUT2D eigenvalue weighted by Crippen LogP contribution is 2.27. The molecule has 2 heterocycles. The number of para-hydroxylation sites is 1. The fourth-order valence-corrected chi connectivity index (χ4v) is 4.37. The summed E-state index contributed by atoms with van der Waals surface area (Å²) in [6.45, 7) is 1.82. The van der Waals surface area contributed by atoms with E-state index in [1.165, 1.54) is 24.3 Å². The number of rotatable bonds is 6. The molecule has 1 aliphatic rings. The van der Waals surface area contributed by atoms with Crippen molar-refractivity contribution in [3.8, 4) is 5.75 Å². The molecule has 0 aliphatic carbocycles. The molecule has 8 heteroatoms. The first kappa shape index (κ1) is 22.6. The summed E-state index contributed by atoms with van der Waals surface area (Å²) < 4.78 is 29.2. The van der Waals surface area contributed by atoms with E-state index in [4.69, 9.17) is 0 Å². The summed E-state index contributed by atoms with van der Waals surface area (Å²) in [7, 11) is 0. The van der Waals surface area contributed by atoms with Crippen molar-refractivity contribution < 1.29 is 23.1 Å². The zero-order chi connectivity index (χ0) is 23.5. The summed E-state index contributed by atoms with van der Waals surface area (Å²) in [5.41, 5.74) is 2.44. The van der Waals surface area contributed by atoms with E-state index in [-0.39, 0.29) is 35.1 Å². The number of carbonyl (C=O) groups excluding carboxylic acids is 2. The lowest BCUT2D eigenvalue weighted by Crippen LogP contribution is -2.35. The molecular weight excluding hydrogens is 428 g/mol. The third-order valence-electron chi connectivity index (χ3n) is 5.87. The first-order chi connectivity index (χ1) is 15.8. The fraction of sp³-hybridized carbons (Fsp3) is 0.320. The van der Waals surface area contributed by atoms with Gasteiger partial charge >= 0.3 is 6.61 Å². The van der Waals surface area contributed by atoms with Crippen molar-refractivity contribution in [3.63, 3.8) is 0 Å². The van der Waals surface area contributed by atoms with E-state index < -0.39 is 6.61 Å². The number of fused-ring (bicyclic) bond motifs is 1. The van der Waals surface area contributed by atoms with Crippen molar-refractivity contribution in [2.75, 3.05) is 13.1 Å². The molecule has 1 aliphatic heterocycles. The maximum Gasteiger partial charge on any atom is 0.387 e. The van der Waals surface area contributed by atoms with Gasteiger partial charge in [-0.3, -0.25) is 14.6 Å². The lowest BCUT2D eigenvalue weighted by atomic mass is 10.1. The standard InChI is InChI=1S/C25H25F2N3O3/c1-15-10-21(20-8-3-4-9-22(20)29-15)24(32)30-14-17(11-16(30)2)13-28-23(31)18-6-5-7-19(12-18)33-25(26)27/h3-10,12,16-17,25H,11,13-14H2,1-2H3,(H,28,31). The summed E-state index contributed by atoms with van der Waals surface area (Å²) in [4.78, 5) is 32.2. The highest BCUT2D eigenvalue weighted by molar-refractivity contribution is 6.06. The van der Waals surface area contributed by atoms with Gasteiger partial charge < -0.3 is 15.0 Å². The van der Waals surface area contributed by atoms with Gasteiger partial charge in [-0.1, -0.05) is 24.3 Å². The highest BCUT2D eigenvalue weighted by atomic mass is 19.3. The number of pyridine rings is 1.